The molecule has 0 atom stereocenters. The maximum atomic E-state index is 12.2. The number of carbonyl (C=O) groups excluding carboxylic acids is 1. The minimum atomic E-state index is -0.570. The molecule has 0 bridgehead atoms. The Kier molecular flexibility index (Phi) is 5.86. The number of anilines is 2. The number of amides is 1. The lowest BCUT2D eigenvalue weighted by atomic mass is 10.1. The van der Waals surface area contributed by atoms with Gasteiger partial charge in [0.05, 0.1) is 15.7 Å². The van der Waals surface area contributed by atoms with E-state index >= 15 is 0 Å². The summed E-state index contributed by atoms with van der Waals surface area (Å²) >= 11 is 11.9. The van der Waals surface area contributed by atoms with Crippen molar-refractivity contribution < 1.29 is 4.79 Å². The van der Waals surface area contributed by atoms with Crippen LogP contribution < -0.4 is 10.6 Å². The standard InChI is InChI=1S/C18H15Cl2N3O/c1-11-6-7-15(12(2)8-11)22-10-13(9-21)18(24)23-16-5-3-4-14(19)17(16)20/h3-8,10,22H,1-2H3,(H,23,24)/b13-10-. The number of hydrogen-bond acceptors (Lipinski definition) is 3. The molecular weight excluding hydrogens is 345 g/mol. The van der Waals surface area contributed by atoms with Crippen molar-refractivity contribution in [3.05, 3.63) is 69.3 Å². The minimum absolute atomic E-state index is 0.0778. The molecule has 2 N–H and O–H groups in total. The summed E-state index contributed by atoms with van der Waals surface area (Å²) in [5.74, 6) is -0.570. The third-order valence-electron chi connectivity index (χ3n) is 3.32. The lowest BCUT2D eigenvalue weighted by Gasteiger charge is -2.09. The van der Waals surface area contributed by atoms with Crippen LogP contribution in [0.25, 0.3) is 0 Å². The molecule has 4 nitrogen and oxygen atoms in total. The third kappa shape index (κ3) is 4.29. The summed E-state index contributed by atoms with van der Waals surface area (Å²) in [5, 5.41) is 15.3. The second kappa shape index (κ2) is 7.87. The van der Waals surface area contributed by atoms with Gasteiger partial charge in [-0.3, -0.25) is 4.79 Å². The highest BCUT2D eigenvalue weighted by Crippen LogP contribution is 2.29. The largest absolute Gasteiger partial charge is 0.360 e. The predicted octanol–water partition coefficient (Wildman–Crippen LogP) is 5.07. The van der Waals surface area contributed by atoms with Crippen LogP contribution in [0.15, 0.2) is 48.2 Å². The second-order valence-electron chi connectivity index (χ2n) is 5.19. The second-order valence-corrected chi connectivity index (χ2v) is 5.97. The fourth-order valence-electron chi connectivity index (χ4n) is 2.06. The van der Waals surface area contributed by atoms with Crippen molar-refractivity contribution in [3.8, 4) is 6.07 Å². The highest BCUT2D eigenvalue weighted by Gasteiger charge is 2.12. The normalized spacial score (nSPS) is 10.9. The zero-order valence-corrected chi connectivity index (χ0v) is 14.7. The summed E-state index contributed by atoms with van der Waals surface area (Å²) in [7, 11) is 0. The van der Waals surface area contributed by atoms with Crippen LogP contribution >= 0.6 is 23.2 Å². The first kappa shape index (κ1) is 17.9. The van der Waals surface area contributed by atoms with Gasteiger partial charge in [-0.2, -0.15) is 5.26 Å². The Hall–Kier alpha value is -2.48. The zero-order chi connectivity index (χ0) is 17.7. The van der Waals surface area contributed by atoms with Crippen molar-refractivity contribution in [1.82, 2.24) is 0 Å². The Morgan fingerprint density at radius 1 is 1.17 bits per heavy atom. The molecule has 2 aromatic carbocycles. The molecule has 0 aliphatic heterocycles. The Morgan fingerprint density at radius 3 is 2.58 bits per heavy atom. The van der Waals surface area contributed by atoms with E-state index in [1.54, 1.807) is 18.2 Å². The number of carbonyl (C=O) groups is 1. The van der Waals surface area contributed by atoms with Gasteiger partial charge in [0.2, 0.25) is 0 Å². The van der Waals surface area contributed by atoms with Crippen LogP contribution in [0.1, 0.15) is 11.1 Å². The molecule has 0 aliphatic carbocycles. The van der Waals surface area contributed by atoms with Crippen molar-refractivity contribution in [3.63, 3.8) is 0 Å². The summed E-state index contributed by atoms with van der Waals surface area (Å²) in [4.78, 5) is 12.2. The average Bonchev–Trinajstić information content (AvgIpc) is 2.54. The van der Waals surface area contributed by atoms with Crippen LogP contribution in [0.5, 0.6) is 0 Å². The molecule has 122 valence electrons. The fourth-order valence-corrected chi connectivity index (χ4v) is 2.41. The first-order valence-corrected chi connectivity index (χ1v) is 7.87. The summed E-state index contributed by atoms with van der Waals surface area (Å²) in [5.41, 5.74) is 3.24. The van der Waals surface area contributed by atoms with Crippen molar-refractivity contribution in [1.29, 1.82) is 5.26 Å². The van der Waals surface area contributed by atoms with E-state index < -0.39 is 5.91 Å². The number of rotatable bonds is 4. The highest BCUT2D eigenvalue weighted by atomic mass is 35.5. The van der Waals surface area contributed by atoms with Gasteiger partial charge in [0, 0.05) is 11.9 Å². The number of nitrogens with zero attached hydrogens (tertiary/aromatic N) is 1. The van der Waals surface area contributed by atoms with E-state index in [-0.39, 0.29) is 10.6 Å². The lowest BCUT2D eigenvalue weighted by Crippen LogP contribution is -2.15. The summed E-state index contributed by atoms with van der Waals surface area (Å²) in [6.45, 7) is 3.94. The number of nitriles is 1. The van der Waals surface area contributed by atoms with Crippen molar-refractivity contribution in [2.75, 3.05) is 10.6 Å². The SMILES string of the molecule is Cc1ccc(N/C=C(/C#N)C(=O)Nc2cccc(Cl)c2Cl)c(C)c1. The zero-order valence-electron chi connectivity index (χ0n) is 13.2. The van der Waals surface area contributed by atoms with E-state index in [0.717, 1.165) is 16.8 Å². The van der Waals surface area contributed by atoms with E-state index in [4.69, 9.17) is 23.2 Å². The Balaban J connectivity index is 2.17. The third-order valence-corrected chi connectivity index (χ3v) is 4.14. The molecule has 24 heavy (non-hydrogen) atoms. The van der Waals surface area contributed by atoms with Crippen LogP contribution in [0.3, 0.4) is 0 Å². The molecule has 0 heterocycles. The van der Waals surface area contributed by atoms with Gasteiger partial charge in [-0.05, 0) is 37.6 Å². The van der Waals surface area contributed by atoms with Crippen molar-refractivity contribution in [2.24, 2.45) is 0 Å². The van der Waals surface area contributed by atoms with Gasteiger partial charge in [-0.15, -0.1) is 0 Å². The average molecular weight is 360 g/mol. The molecule has 0 aromatic heterocycles. The van der Waals surface area contributed by atoms with E-state index in [9.17, 15) is 10.1 Å². The smallest absolute Gasteiger partial charge is 0.267 e. The maximum absolute atomic E-state index is 12.2. The fraction of sp³-hybridized carbons (Fsp3) is 0.111. The maximum Gasteiger partial charge on any atom is 0.267 e. The molecular formula is C18H15Cl2N3O. The minimum Gasteiger partial charge on any atom is -0.360 e. The van der Waals surface area contributed by atoms with Gasteiger partial charge in [0.15, 0.2) is 0 Å². The van der Waals surface area contributed by atoms with Gasteiger partial charge in [-0.1, -0.05) is 47.0 Å². The van der Waals surface area contributed by atoms with Gasteiger partial charge < -0.3 is 10.6 Å². The first-order valence-electron chi connectivity index (χ1n) is 7.12. The summed E-state index contributed by atoms with van der Waals surface area (Å²) in [6, 6.07) is 12.6. The number of hydrogen-bond donors (Lipinski definition) is 2. The molecule has 2 aromatic rings. The number of nitrogens with one attached hydrogen (secondary N) is 2. The Bertz CT molecular complexity index is 854. The quantitative estimate of drug-likeness (QED) is 0.591. The molecule has 2 rings (SSSR count). The van der Waals surface area contributed by atoms with Crippen LogP contribution in [-0.4, -0.2) is 5.91 Å². The van der Waals surface area contributed by atoms with Gasteiger partial charge in [-0.25, -0.2) is 0 Å². The molecule has 0 saturated carbocycles. The van der Waals surface area contributed by atoms with Crippen LogP contribution in [-0.2, 0) is 4.79 Å². The van der Waals surface area contributed by atoms with E-state index in [1.807, 2.05) is 38.1 Å². The molecule has 0 saturated heterocycles. The monoisotopic (exact) mass is 359 g/mol. The van der Waals surface area contributed by atoms with Crippen molar-refractivity contribution >= 4 is 40.5 Å². The predicted molar refractivity (Wildman–Crippen MR) is 98.3 cm³/mol. The molecule has 0 fully saturated rings. The number of halogens is 2. The van der Waals surface area contributed by atoms with Crippen molar-refractivity contribution in [2.45, 2.75) is 13.8 Å². The van der Waals surface area contributed by atoms with E-state index in [0.29, 0.717) is 10.7 Å². The topological polar surface area (TPSA) is 64.9 Å². The van der Waals surface area contributed by atoms with Crippen LogP contribution in [0, 0.1) is 25.2 Å². The first-order chi connectivity index (χ1) is 11.4. The van der Waals surface area contributed by atoms with Gasteiger partial charge >= 0.3 is 0 Å². The van der Waals surface area contributed by atoms with Crippen LogP contribution in [0.2, 0.25) is 10.0 Å². The van der Waals surface area contributed by atoms with Crippen LogP contribution in [0.4, 0.5) is 11.4 Å². The number of aryl methyl sites for hydroxylation is 2. The molecule has 0 spiro atoms. The highest BCUT2D eigenvalue weighted by molar-refractivity contribution is 6.44. The Morgan fingerprint density at radius 2 is 1.92 bits per heavy atom. The molecule has 6 heteroatoms. The lowest BCUT2D eigenvalue weighted by molar-refractivity contribution is -0.112. The van der Waals surface area contributed by atoms with E-state index in [2.05, 4.69) is 10.6 Å². The van der Waals surface area contributed by atoms with Gasteiger partial charge in [0.25, 0.3) is 5.91 Å². The van der Waals surface area contributed by atoms with E-state index in [1.165, 1.54) is 6.20 Å². The summed E-state index contributed by atoms with van der Waals surface area (Å²) in [6.07, 6.45) is 1.37. The molecule has 0 aliphatic rings. The molecule has 0 unspecified atom stereocenters. The molecule has 1 amide bonds. The number of benzene rings is 2. The molecule has 0 radical (unpaired) electrons. The van der Waals surface area contributed by atoms with Gasteiger partial charge in [0.1, 0.15) is 11.6 Å². The Labute approximate surface area is 150 Å². The summed E-state index contributed by atoms with van der Waals surface area (Å²) < 4.78 is 0.